The number of carbonyl (C=O) groups excluding carboxylic acids is 2. The average Bonchev–Trinajstić information content (AvgIpc) is 4.02. The summed E-state index contributed by atoms with van der Waals surface area (Å²) in [6.45, 7) is 1.97. The Morgan fingerprint density at radius 1 is 0.877 bits per heavy atom. The number of ether oxygens (including phenoxy) is 7. The summed E-state index contributed by atoms with van der Waals surface area (Å²) in [5.74, 6) is -3.49. The average molecular weight is 1020 g/mol. The van der Waals surface area contributed by atoms with E-state index in [0.717, 1.165) is 48.7 Å². The first kappa shape index (κ1) is 52.4. The molecule has 4 aromatic rings. The van der Waals surface area contributed by atoms with Crippen LogP contribution in [0.3, 0.4) is 0 Å². The normalized spacial score (nSPS) is 32.3. The van der Waals surface area contributed by atoms with Crippen molar-refractivity contribution in [3.63, 3.8) is 0 Å². The van der Waals surface area contributed by atoms with Gasteiger partial charge in [0.2, 0.25) is 5.91 Å². The maximum Gasteiger partial charge on any atom is 0.338 e. The van der Waals surface area contributed by atoms with Gasteiger partial charge in [-0.1, -0.05) is 62.4 Å². The molecule has 5 fully saturated rings. The summed E-state index contributed by atoms with van der Waals surface area (Å²) in [5.41, 5.74) is 1.72. The van der Waals surface area contributed by atoms with Crippen molar-refractivity contribution in [1.82, 2.24) is 24.9 Å². The number of aliphatic hydroxyl groups excluding tert-OH is 4. The maximum atomic E-state index is 14.0. The Morgan fingerprint density at radius 2 is 1.64 bits per heavy atom. The minimum atomic E-state index is -1.78. The van der Waals surface area contributed by atoms with E-state index in [-0.39, 0.29) is 42.3 Å². The van der Waals surface area contributed by atoms with Gasteiger partial charge in [0.1, 0.15) is 43.3 Å². The van der Waals surface area contributed by atoms with Crippen LogP contribution < -0.4 is 5.32 Å². The summed E-state index contributed by atoms with van der Waals surface area (Å²) in [7, 11) is 0. The number of aromatic nitrogens is 4. The molecule has 23 heteroatoms. The molecule has 3 aliphatic heterocycles. The van der Waals surface area contributed by atoms with Gasteiger partial charge in [0.05, 0.1) is 46.7 Å². The summed E-state index contributed by atoms with van der Waals surface area (Å²) in [6.07, 6.45) is -9.22. The van der Waals surface area contributed by atoms with Gasteiger partial charge in [-0.3, -0.25) is 14.9 Å². The van der Waals surface area contributed by atoms with E-state index in [1.165, 1.54) is 24.3 Å². The Balaban J connectivity index is 0.906. The number of hydrogen-bond acceptors (Lipinski definition) is 18. The Morgan fingerprint density at radius 3 is 2.41 bits per heavy atom. The third kappa shape index (κ3) is 12.2. The number of nitrogens with zero attached hydrogens (tertiary/aromatic N) is 5. The Labute approximate surface area is 419 Å². The second-order valence-corrected chi connectivity index (χ2v) is 20.0. The number of amides is 1. The van der Waals surface area contributed by atoms with Crippen molar-refractivity contribution in [2.75, 3.05) is 13.2 Å². The summed E-state index contributed by atoms with van der Waals surface area (Å²) < 4.78 is 47.4. The minimum Gasteiger partial charge on any atom is -0.479 e. The number of carbonyl (C=O) groups is 3. The predicted octanol–water partition coefficient (Wildman–Crippen LogP) is 2.82. The Hall–Kier alpha value is -5.47. The second kappa shape index (κ2) is 23.4. The van der Waals surface area contributed by atoms with Crippen molar-refractivity contribution in [2.45, 2.75) is 164 Å². The number of aliphatic carboxylic acids is 1. The van der Waals surface area contributed by atoms with Crippen molar-refractivity contribution in [1.29, 1.82) is 0 Å². The van der Waals surface area contributed by atoms with Crippen LogP contribution in [0.4, 0.5) is 5.69 Å². The van der Waals surface area contributed by atoms with Crippen LogP contribution in [0.25, 0.3) is 10.9 Å². The van der Waals surface area contributed by atoms with E-state index in [4.69, 9.17) is 33.2 Å². The first-order valence-electron chi connectivity index (χ1n) is 25.2. The number of aliphatic hydroxyl groups is 4. The number of aryl methyl sites for hydroxylation is 1. The number of unbranched alkanes of at least 4 members (excludes halogenated alkanes) is 1. The fraction of sp³-hybridized carbons (Fsp3) is 0.620. The van der Waals surface area contributed by atoms with Crippen LogP contribution in [0.2, 0.25) is 0 Å². The number of carboxylic acids is 1. The first-order chi connectivity index (χ1) is 35.2. The largest absolute Gasteiger partial charge is 0.479 e. The van der Waals surface area contributed by atoms with Crippen molar-refractivity contribution in [3.05, 3.63) is 88.4 Å². The molecule has 2 aromatic heterocycles. The third-order valence-electron chi connectivity index (χ3n) is 14.8. The minimum absolute atomic E-state index is 0.0122. The van der Waals surface area contributed by atoms with Crippen molar-refractivity contribution in [3.8, 4) is 0 Å². The molecule has 5 heterocycles. The molecular weight excluding hydrogens is 957 g/mol. The third-order valence-corrected chi connectivity index (χ3v) is 14.8. The zero-order valence-electron chi connectivity index (χ0n) is 40.4. The number of rotatable bonds is 16. The lowest BCUT2D eigenvalue weighted by Gasteiger charge is -2.50. The van der Waals surface area contributed by atoms with Gasteiger partial charge in [0.15, 0.2) is 31.1 Å². The summed E-state index contributed by atoms with van der Waals surface area (Å²) in [5, 5.41) is 79.1. The number of nitrogens with one attached hydrogen (secondary N) is 1. The molecule has 2 saturated carbocycles. The highest BCUT2D eigenvalue weighted by Crippen LogP contribution is 2.40. The van der Waals surface area contributed by atoms with Crippen LogP contribution in [-0.4, -0.2) is 161 Å². The number of nitro benzene ring substituents is 1. The van der Waals surface area contributed by atoms with Crippen LogP contribution in [0.5, 0.6) is 0 Å². The molecule has 73 heavy (non-hydrogen) atoms. The molecule has 0 radical (unpaired) electrons. The van der Waals surface area contributed by atoms with E-state index in [1.807, 2.05) is 23.9 Å². The highest BCUT2D eigenvalue weighted by atomic mass is 16.8. The van der Waals surface area contributed by atoms with E-state index >= 15 is 0 Å². The van der Waals surface area contributed by atoms with Gasteiger partial charge in [-0.25, -0.2) is 14.3 Å². The molecule has 2 aliphatic carbocycles. The maximum absolute atomic E-state index is 14.0. The molecule has 396 valence electrons. The number of nitro groups is 1. The van der Waals surface area contributed by atoms with E-state index in [2.05, 4.69) is 15.6 Å². The standard InChI is InChI=1S/C50H64N6O17/c1-27-20-31(45(61)51-18-9-8-14-32-24-55(53-52-32)26-54-19-17-30-22-33(56(65)66)15-16-34(30)54)23-35-42(27)72-49-41(60)39(58)40(59)48(73-49)67-25-37-38(57)43(68-36(46(62)63)21-28-10-4-2-5-11-28)44(50(69-35)70-37)71-47(64)29-12-6-3-7-13-29/h3,6-7,12-13,15-17,19,22,24,27-28,31,35-44,48-50,57-60H,2,4-5,8-11,14,18,20-21,23,25-26H2,1H3,(H,51,61)(H,62,63)/t27-,31?,35-,36+,37+,38+,39?,40+,41+,42?,43?,44?,48?,49-,50-/m1/s1. The Kier molecular flexibility index (Phi) is 16.8. The summed E-state index contributed by atoms with van der Waals surface area (Å²) in [4.78, 5) is 51.6. The van der Waals surface area contributed by atoms with Gasteiger partial charge in [0.25, 0.3) is 5.69 Å². The highest BCUT2D eigenvalue weighted by Gasteiger charge is 2.55. The SMILES string of the molecule is C[C@@H]1CC(C(=O)NCCCCc2cn(Cn3ccc4cc([N+](=O)[O-])ccc43)nn2)C[C@H]2O[C@@H]3O[C@@H](COC4O[C@@H](OC12)[C@@H](O)C(O)[C@@H]4O)[C@H](O)C(O[C@@H](CC1CCCCC1)C(=O)O)C3OC(=O)c1ccccc1. The molecule has 6 unspecified atom stereocenters. The Bertz CT molecular complexity index is 2520. The zero-order chi connectivity index (χ0) is 51.3. The second-order valence-electron chi connectivity index (χ2n) is 20.0. The van der Waals surface area contributed by atoms with E-state index in [0.29, 0.717) is 32.5 Å². The molecule has 5 aliphatic rings. The lowest BCUT2D eigenvalue weighted by molar-refractivity contribution is -0.391. The van der Waals surface area contributed by atoms with E-state index in [1.54, 1.807) is 35.0 Å². The number of non-ortho nitro benzene ring substituents is 1. The number of carboxylic acid groups (broad SMARTS) is 1. The summed E-state index contributed by atoms with van der Waals surface area (Å²) in [6, 6.07) is 14.5. The quantitative estimate of drug-likeness (QED) is 0.0407. The summed E-state index contributed by atoms with van der Waals surface area (Å²) >= 11 is 0. The predicted molar refractivity (Wildman–Crippen MR) is 252 cm³/mol. The molecule has 0 spiro atoms. The van der Waals surface area contributed by atoms with Gasteiger partial charge in [-0.2, -0.15) is 0 Å². The van der Waals surface area contributed by atoms with Gasteiger partial charge in [0, 0.05) is 36.2 Å². The van der Waals surface area contributed by atoms with Gasteiger partial charge in [-0.05, 0) is 74.6 Å². The highest BCUT2D eigenvalue weighted by molar-refractivity contribution is 5.89. The lowest BCUT2D eigenvalue weighted by atomic mass is 9.77. The molecule has 6 N–H and O–H groups in total. The van der Waals surface area contributed by atoms with Gasteiger partial charge < -0.3 is 68.6 Å². The molecule has 3 saturated heterocycles. The van der Waals surface area contributed by atoms with Crippen molar-refractivity contribution >= 4 is 34.4 Å². The van der Waals surface area contributed by atoms with Crippen molar-refractivity contribution < 1.29 is 78.0 Å². The first-order valence-corrected chi connectivity index (χ1v) is 25.2. The molecule has 1 amide bonds. The number of fused-ring (bicyclic) bond motifs is 6. The molecule has 9 rings (SSSR count). The van der Waals surface area contributed by atoms with Gasteiger partial charge >= 0.3 is 11.9 Å². The lowest BCUT2D eigenvalue weighted by Crippen LogP contribution is -2.66. The number of hydrogen-bond donors (Lipinski definition) is 6. The monoisotopic (exact) mass is 1020 g/mol. The van der Waals surface area contributed by atoms with E-state index in [9.17, 15) is 50.0 Å². The molecule has 15 atom stereocenters. The van der Waals surface area contributed by atoms with Crippen LogP contribution in [0.15, 0.2) is 67.0 Å². The van der Waals surface area contributed by atoms with Crippen LogP contribution >= 0.6 is 0 Å². The van der Waals surface area contributed by atoms with Gasteiger partial charge in [-0.15, -0.1) is 5.10 Å². The number of benzene rings is 2. The van der Waals surface area contributed by atoms with Crippen LogP contribution in [-0.2, 0) is 55.8 Å². The molecule has 23 nitrogen and oxygen atoms in total. The van der Waals surface area contributed by atoms with Crippen molar-refractivity contribution in [2.24, 2.45) is 17.8 Å². The smallest absolute Gasteiger partial charge is 0.338 e. The molecular formula is C50H64N6O17. The topological polar surface area (TPSA) is 308 Å². The van der Waals surface area contributed by atoms with Crippen LogP contribution in [0, 0.1) is 27.9 Å². The molecule has 2 aromatic carbocycles. The fourth-order valence-corrected chi connectivity index (χ4v) is 10.8. The fourth-order valence-electron chi connectivity index (χ4n) is 10.8. The number of esters is 1. The van der Waals surface area contributed by atoms with E-state index < -0.39 is 115 Å². The van der Waals surface area contributed by atoms with Crippen LogP contribution in [0.1, 0.15) is 87.2 Å². The molecule has 4 bridgehead atoms. The zero-order valence-corrected chi connectivity index (χ0v) is 40.4.